The molecule has 5 nitrogen and oxygen atoms in total. The van der Waals surface area contributed by atoms with Crippen LogP contribution in [-0.4, -0.2) is 31.5 Å². The van der Waals surface area contributed by atoms with Crippen molar-refractivity contribution in [1.82, 2.24) is 10.6 Å². The summed E-state index contributed by atoms with van der Waals surface area (Å²) in [5.74, 6) is 0.133. The van der Waals surface area contributed by atoms with Crippen molar-refractivity contribution in [2.45, 2.75) is 20.3 Å². The van der Waals surface area contributed by atoms with Crippen LogP contribution in [0.4, 0.5) is 0 Å². The highest BCUT2D eigenvalue weighted by Gasteiger charge is 2.05. The molecule has 0 saturated heterocycles. The average molecular weight is 264 g/mol. The van der Waals surface area contributed by atoms with E-state index in [1.807, 2.05) is 26.0 Å². The van der Waals surface area contributed by atoms with Crippen molar-refractivity contribution >= 4 is 11.8 Å². The second-order valence-corrected chi connectivity index (χ2v) is 4.23. The summed E-state index contributed by atoms with van der Waals surface area (Å²) in [6, 6.07) is 7.42. The number of amides is 2. The van der Waals surface area contributed by atoms with Gasteiger partial charge >= 0.3 is 0 Å². The highest BCUT2D eigenvalue weighted by molar-refractivity contribution is 5.85. The number of aryl methyl sites for hydroxylation is 1. The van der Waals surface area contributed by atoms with Gasteiger partial charge in [0.1, 0.15) is 5.75 Å². The Kier molecular flexibility index (Phi) is 6.43. The first-order valence-corrected chi connectivity index (χ1v) is 6.34. The molecule has 0 aromatic heterocycles. The topological polar surface area (TPSA) is 67.4 Å². The molecule has 0 unspecified atom stereocenters. The van der Waals surface area contributed by atoms with Crippen LogP contribution in [0.15, 0.2) is 24.3 Å². The summed E-state index contributed by atoms with van der Waals surface area (Å²) in [5.41, 5.74) is 1.13. The lowest BCUT2D eigenvalue weighted by molar-refractivity contribution is -0.127. The maximum atomic E-state index is 11.4. The molecule has 19 heavy (non-hydrogen) atoms. The summed E-state index contributed by atoms with van der Waals surface area (Å²) in [6.07, 6.45) is 0.871. The van der Waals surface area contributed by atoms with Gasteiger partial charge in [0.2, 0.25) is 5.91 Å². The molecule has 0 saturated carbocycles. The van der Waals surface area contributed by atoms with Gasteiger partial charge in [-0.2, -0.15) is 0 Å². The maximum Gasteiger partial charge on any atom is 0.258 e. The van der Waals surface area contributed by atoms with Crippen LogP contribution in [0, 0.1) is 6.92 Å². The Morgan fingerprint density at radius 3 is 2.42 bits per heavy atom. The number of hydrogen-bond acceptors (Lipinski definition) is 3. The predicted molar refractivity (Wildman–Crippen MR) is 73.0 cm³/mol. The molecule has 0 aliphatic rings. The van der Waals surface area contributed by atoms with Crippen LogP contribution in [0.5, 0.6) is 5.75 Å². The lowest BCUT2D eigenvalue weighted by atomic mass is 10.2. The Hall–Kier alpha value is -2.04. The molecule has 0 bridgehead atoms. The van der Waals surface area contributed by atoms with Gasteiger partial charge in [-0.25, -0.2) is 0 Å². The van der Waals surface area contributed by atoms with E-state index in [1.165, 1.54) is 0 Å². The second-order valence-electron chi connectivity index (χ2n) is 4.23. The van der Waals surface area contributed by atoms with E-state index in [0.29, 0.717) is 12.3 Å². The molecule has 0 radical (unpaired) electrons. The van der Waals surface area contributed by atoms with Crippen LogP contribution in [0.25, 0.3) is 0 Å². The fourth-order valence-corrected chi connectivity index (χ4v) is 1.34. The molecule has 0 aliphatic carbocycles. The van der Waals surface area contributed by atoms with E-state index in [-0.39, 0.29) is 25.0 Å². The highest BCUT2D eigenvalue weighted by Crippen LogP contribution is 2.10. The van der Waals surface area contributed by atoms with Gasteiger partial charge in [-0.05, 0) is 25.5 Å². The van der Waals surface area contributed by atoms with Crippen molar-refractivity contribution in [3.05, 3.63) is 29.8 Å². The van der Waals surface area contributed by atoms with Crippen LogP contribution in [-0.2, 0) is 9.59 Å². The molecule has 0 heterocycles. The summed E-state index contributed by atoms with van der Waals surface area (Å²) in [5, 5.41) is 5.17. The molecule has 1 aromatic carbocycles. The van der Waals surface area contributed by atoms with Crippen LogP contribution in [0.1, 0.15) is 18.9 Å². The van der Waals surface area contributed by atoms with Gasteiger partial charge in [-0.15, -0.1) is 0 Å². The molecule has 2 N–H and O–H groups in total. The first kappa shape index (κ1) is 15.0. The van der Waals surface area contributed by atoms with Gasteiger partial charge in [0.15, 0.2) is 6.61 Å². The number of carbonyl (C=O) groups is 2. The summed E-state index contributed by atoms with van der Waals surface area (Å²) in [4.78, 5) is 22.7. The zero-order valence-electron chi connectivity index (χ0n) is 11.4. The normalized spacial score (nSPS) is 9.79. The lowest BCUT2D eigenvalue weighted by Crippen LogP contribution is -2.39. The van der Waals surface area contributed by atoms with Crippen LogP contribution >= 0.6 is 0 Å². The lowest BCUT2D eigenvalue weighted by Gasteiger charge is -2.08. The number of hydrogen-bond donors (Lipinski definition) is 2. The minimum absolute atomic E-state index is 0.0178. The summed E-state index contributed by atoms with van der Waals surface area (Å²) >= 11 is 0. The molecule has 104 valence electrons. The van der Waals surface area contributed by atoms with Gasteiger partial charge in [0, 0.05) is 6.54 Å². The smallest absolute Gasteiger partial charge is 0.258 e. The molecular weight excluding hydrogens is 244 g/mol. The Bertz CT molecular complexity index is 415. The van der Waals surface area contributed by atoms with Gasteiger partial charge in [0.05, 0.1) is 6.54 Å². The molecule has 0 spiro atoms. The molecular formula is C14H20N2O3. The third-order valence-corrected chi connectivity index (χ3v) is 2.41. The molecule has 0 aliphatic heterocycles. The van der Waals surface area contributed by atoms with Crippen molar-refractivity contribution in [2.24, 2.45) is 0 Å². The zero-order chi connectivity index (χ0) is 14.1. The van der Waals surface area contributed by atoms with E-state index in [0.717, 1.165) is 12.0 Å². The fraction of sp³-hybridized carbons (Fsp3) is 0.429. The van der Waals surface area contributed by atoms with Gasteiger partial charge in [-0.1, -0.05) is 24.6 Å². The number of benzene rings is 1. The predicted octanol–water partition coefficient (Wildman–Crippen LogP) is 1.02. The van der Waals surface area contributed by atoms with Gasteiger partial charge < -0.3 is 15.4 Å². The largest absolute Gasteiger partial charge is 0.484 e. The molecule has 5 heteroatoms. The van der Waals surface area contributed by atoms with E-state index < -0.39 is 0 Å². The molecule has 1 aromatic rings. The van der Waals surface area contributed by atoms with E-state index in [4.69, 9.17) is 4.74 Å². The fourth-order valence-electron chi connectivity index (χ4n) is 1.34. The van der Waals surface area contributed by atoms with Gasteiger partial charge in [0.25, 0.3) is 5.91 Å². The third-order valence-electron chi connectivity index (χ3n) is 2.41. The van der Waals surface area contributed by atoms with E-state index in [9.17, 15) is 9.59 Å². The van der Waals surface area contributed by atoms with Crippen LogP contribution in [0.2, 0.25) is 0 Å². The van der Waals surface area contributed by atoms with Crippen molar-refractivity contribution < 1.29 is 14.3 Å². The SMILES string of the molecule is CCCNC(=O)CNC(=O)COc1ccc(C)cc1. The number of carbonyl (C=O) groups excluding carboxylic acids is 2. The van der Waals surface area contributed by atoms with Crippen molar-refractivity contribution in [3.8, 4) is 5.75 Å². The van der Waals surface area contributed by atoms with Crippen LogP contribution < -0.4 is 15.4 Å². The quantitative estimate of drug-likeness (QED) is 0.772. The average Bonchev–Trinajstić information content (AvgIpc) is 2.42. The van der Waals surface area contributed by atoms with E-state index in [1.54, 1.807) is 12.1 Å². The summed E-state index contributed by atoms with van der Waals surface area (Å²) < 4.78 is 5.29. The standard InChI is InChI=1S/C14H20N2O3/c1-3-8-15-13(17)9-16-14(18)10-19-12-6-4-11(2)5-7-12/h4-7H,3,8-10H2,1-2H3,(H,15,17)(H,16,18). The first-order valence-electron chi connectivity index (χ1n) is 6.34. The van der Waals surface area contributed by atoms with Gasteiger partial charge in [-0.3, -0.25) is 9.59 Å². The molecule has 2 amide bonds. The Balaban J connectivity index is 2.21. The van der Waals surface area contributed by atoms with E-state index >= 15 is 0 Å². The Morgan fingerprint density at radius 1 is 1.11 bits per heavy atom. The minimum Gasteiger partial charge on any atom is -0.484 e. The van der Waals surface area contributed by atoms with Crippen LogP contribution in [0.3, 0.4) is 0 Å². The summed E-state index contributed by atoms with van der Waals surface area (Å²) in [6.45, 7) is 4.45. The number of nitrogens with one attached hydrogen (secondary N) is 2. The Morgan fingerprint density at radius 2 is 1.79 bits per heavy atom. The first-order chi connectivity index (χ1) is 9.11. The number of rotatable bonds is 7. The maximum absolute atomic E-state index is 11.4. The second kappa shape index (κ2) is 8.13. The third kappa shape index (κ3) is 6.45. The monoisotopic (exact) mass is 264 g/mol. The Labute approximate surface area is 113 Å². The van der Waals surface area contributed by atoms with Crippen molar-refractivity contribution in [3.63, 3.8) is 0 Å². The molecule has 0 fully saturated rings. The molecule has 0 atom stereocenters. The molecule has 1 rings (SSSR count). The van der Waals surface area contributed by atoms with E-state index in [2.05, 4.69) is 10.6 Å². The minimum atomic E-state index is -0.313. The highest BCUT2D eigenvalue weighted by atomic mass is 16.5. The number of ether oxygens (including phenoxy) is 1. The summed E-state index contributed by atoms with van der Waals surface area (Å²) in [7, 11) is 0. The zero-order valence-corrected chi connectivity index (χ0v) is 11.4. The van der Waals surface area contributed by atoms with Crippen molar-refractivity contribution in [1.29, 1.82) is 0 Å². The van der Waals surface area contributed by atoms with Crippen molar-refractivity contribution in [2.75, 3.05) is 19.7 Å².